The summed E-state index contributed by atoms with van der Waals surface area (Å²) in [5.41, 5.74) is -0.422. The van der Waals surface area contributed by atoms with E-state index in [9.17, 15) is 5.11 Å². The van der Waals surface area contributed by atoms with Crippen molar-refractivity contribution in [2.45, 2.75) is 51.5 Å². The molecule has 0 saturated carbocycles. The topological polar surface area (TPSA) is 38.7 Å². The molecule has 2 aromatic carbocycles. The molecule has 1 N–H and O–H groups in total. The minimum atomic E-state index is -2.84. The molecule has 3 rings (SSSR count). The van der Waals surface area contributed by atoms with Crippen LogP contribution in [0.2, 0.25) is 5.04 Å². The Kier molecular flexibility index (Phi) is 5.33. The number of hydrogen-bond acceptors (Lipinski definition) is 3. The van der Waals surface area contributed by atoms with E-state index in [1.54, 1.807) is 0 Å². The number of hydrogen-bond donors (Lipinski definition) is 1. The van der Waals surface area contributed by atoms with Gasteiger partial charge in [-0.05, 0) is 21.3 Å². The maximum Gasteiger partial charge on any atom is 0.261 e. The van der Waals surface area contributed by atoms with E-state index in [1.807, 2.05) is 50.2 Å². The normalized spacial score (nSPS) is 24.7. The second kappa shape index (κ2) is 7.17. The van der Waals surface area contributed by atoms with E-state index < -0.39 is 25.6 Å². The molecule has 28 heavy (non-hydrogen) atoms. The lowest BCUT2D eigenvalue weighted by Crippen LogP contribution is -2.70. The van der Waals surface area contributed by atoms with Crippen LogP contribution in [0.3, 0.4) is 0 Å². The molecule has 1 fully saturated rings. The van der Waals surface area contributed by atoms with Crippen LogP contribution in [0.15, 0.2) is 60.7 Å². The van der Waals surface area contributed by atoms with Gasteiger partial charge in [-0.3, -0.25) is 0 Å². The fourth-order valence-electron chi connectivity index (χ4n) is 4.20. The highest BCUT2D eigenvalue weighted by Crippen LogP contribution is 2.45. The first-order valence-electron chi connectivity index (χ1n) is 9.70. The van der Waals surface area contributed by atoms with Crippen LogP contribution in [0.1, 0.15) is 34.6 Å². The first kappa shape index (κ1) is 20.8. The summed E-state index contributed by atoms with van der Waals surface area (Å²) < 4.78 is 12.7. The lowest BCUT2D eigenvalue weighted by Gasteiger charge is -2.47. The second-order valence-corrected chi connectivity index (χ2v) is 13.5. The zero-order chi connectivity index (χ0) is 20.6. The van der Waals surface area contributed by atoms with E-state index in [0.717, 1.165) is 10.4 Å². The van der Waals surface area contributed by atoms with Gasteiger partial charge in [0.25, 0.3) is 14.1 Å². The molecular formula is C24H30O3Si. The number of ether oxygens (including phenoxy) is 1. The molecule has 1 aliphatic heterocycles. The van der Waals surface area contributed by atoms with Gasteiger partial charge >= 0.3 is 0 Å². The van der Waals surface area contributed by atoms with Crippen molar-refractivity contribution in [2.24, 2.45) is 5.41 Å². The average molecular weight is 395 g/mol. The monoisotopic (exact) mass is 394 g/mol. The van der Waals surface area contributed by atoms with Gasteiger partial charge in [-0.2, -0.15) is 0 Å². The molecule has 2 aromatic rings. The predicted octanol–water partition coefficient (Wildman–Crippen LogP) is 3.31. The van der Waals surface area contributed by atoms with Crippen molar-refractivity contribution in [2.75, 3.05) is 6.61 Å². The number of rotatable bonds is 4. The molecule has 0 spiro atoms. The summed E-state index contributed by atoms with van der Waals surface area (Å²) in [6.07, 6.45) is 5.05. The molecule has 0 bridgehead atoms. The van der Waals surface area contributed by atoms with E-state index >= 15 is 0 Å². The quantitative estimate of drug-likeness (QED) is 0.639. The number of benzene rings is 2. The molecule has 1 saturated heterocycles. The Morgan fingerprint density at radius 3 is 1.89 bits per heavy atom. The number of aliphatic hydroxyl groups is 1. The molecule has 0 aliphatic carbocycles. The van der Waals surface area contributed by atoms with Crippen molar-refractivity contribution in [3.05, 3.63) is 60.7 Å². The van der Waals surface area contributed by atoms with Crippen LogP contribution in [0, 0.1) is 17.8 Å². The minimum absolute atomic E-state index is 0.204. The van der Waals surface area contributed by atoms with Gasteiger partial charge in [0.1, 0.15) is 6.10 Å². The molecule has 1 aliphatic rings. The Morgan fingerprint density at radius 2 is 1.50 bits per heavy atom. The summed E-state index contributed by atoms with van der Waals surface area (Å²) in [6, 6.07) is 20.7. The predicted molar refractivity (Wildman–Crippen MR) is 116 cm³/mol. The third-order valence-corrected chi connectivity index (χ3v) is 10.6. The van der Waals surface area contributed by atoms with Gasteiger partial charge in [0.05, 0.1) is 6.61 Å². The van der Waals surface area contributed by atoms with Crippen LogP contribution in [-0.2, 0) is 9.16 Å². The molecule has 3 nitrogen and oxygen atoms in total. The Hall–Kier alpha value is -1.90. The van der Waals surface area contributed by atoms with Crippen LogP contribution in [0.4, 0.5) is 0 Å². The van der Waals surface area contributed by atoms with E-state index in [0.29, 0.717) is 6.61 Å². The highest BCUT2D eigenvalue weighted by atomic mass is 28.4. The number of terminal acetylenes is 1. The maximum absolute atomic E-state index is 11.1. The Balaban J connectivity index is 2.27. The minimum Gasteiger partial charge on any atom is -0.397 e. The summed E-state index contributed by atoms with van der Waals surface area (Å²) in [4.78, 5) is 0. The molecule has 0 aromatic heterocycles. The highest BCUT2D eigenvalue weighted by molar-refractivity contribution is 6.99. The molecule has 1 heterocycles. The van der Waals surface area contributed by atoms with Crippen molar-refractivity contribution >= 4 is 18.7 Å². The van der Waals surface area contributed by atoms with Gasteiger partial charge in [0, 0.05) is 5.41 Å². The van der Waals surface area contributed by atoms with Gasteiger partial charge in [0.2, 0.25) is 0 Å². The summed E-state index contributed by atoms with van der Waals surface area (Å²) in [7, 11) is -2.84. The van der Waals surface area contributed by atoms with Gasteiger partial charge in [0.15, 0.2) is 0 Å². The standard InChI is InChI=1S/C24H30O3Si/c1-7-24(25)21(23(5,6)18-26-24)27-28(22(2,3)4,19-14-10-8-11-15-19)20-16-12-9-13-17-20/h1,8-17,21,25H,18H2,2-6H3/t21-,24?/m1/s1. The van der Waals surface area contributed by atoms with Crippen LogP contribution in [-0.4, -0.2) is 31.9 Å². The van der Waals surface area contributed by atoms with Crippen LogP contribution in [0.25, 0.3) is 0 Å². The molecule has 148 valence electrons. The molecule has 0 amide bonds. The summed E-state index contributed by atoms with van der Waals surface area (Å²) in [6.45, 7) is 11.0. The van der Waals surface area contributed by atoms with Crippen molar-refractivity contribution in [1.82, 2.24) is 0 Å². The molecule has 0 radical (unpaired) electrons. The molecule has 1 unspecified atom stereocenters. The zero-order valence-electron chi connectivity index (χ0n) is 17.4. The summed E-state index contributed by atoms with van der Waals surface area (Å²) in [5, 5.41) is 13.2. The fourth-order valence-corrected chi connectivity index (χ4v) is 9.05. The summed E-state index contributed by atoms with van der Waals surface area (Å²) >= 11 is 0. The highest BCUT2D eigenvalue weighted by Gasteiger charge is 2.60. The molecular weight excluding hydrogens is 364 g/mol. The van der Waals surface area contributed by atoms with Crippen LogP contribution >= 0.6 is 0 Å². The van der Waals surface area contributed by atoms with Gasteiger partial charge in [-0.15, -0.1) is 6.42 Å². The van der Waals surface area contributed by atoms with Crippen molar-refractivity contribution in [3.8, 4) is 12.3 Å². The third kappa shape index (κ3) is 3.33. The fraction of sp³-hybridized carbons (Fsp3) is 0.417. The second-order valence-electron chi connectivity index (χ2n) is 9.28. The van der Waals surface area contributed by atoms with Gasteiger partial charge in [-0.25, -0.2) is 0 Å². The average Bonchev–Trinajstić information content (AvgIpc) is 2.90. The van der Waals surface area contributed by atoms with Gasteiger partial charge in [-0.1, -0.05) is 95.3 Å². The third-order valence-electron chi connectivity index (χ3n) is 5.65. The van der Waals surface area contributed by atoms with Gasteiger partial charge < -0.3 is 14.3 Å². The Morgan fingerprint density at radius 1 is 1.04 bits per heavy atom. The summed E-state index contributed by atoms with van der Waals surface area (Å²) in [5.74, 6) is 0.714. The first-order chi connectivity index (χ1) is 13.1. The zero-order valence-corrected chi connectivity index (χ0v) is 18.4. The van der Waals surface area contributed by atoms with Crippen molar-refractivity contribution in [3.63, 3.8) is 0 Å². The Labute approximate surface area is 169 Å². The lowest BCUT2D eigenvalue weighted by molar-refractivity contribution is -0.166. The largest absolute Gasteiger partial charge is 0.397 e. The Bertz CT molecular complexity index is 809. The SMILES string of the molecule is C#CC1(O)OCC(C)(C)[C@H]1O[Si](c1ccccc1)(c1ccccc1)C(C)(C)C. The van der Waals surface area contributed by atoms with Crippen LogP contribution in [0.5, 0.6) is 0 Å². The van der Waals surface area contributed by atoms with E-state index in [2.05, 4.69) is 51.0 Å². The first-order valence-corrected chi connectivity index (χ1v) is 11.6. The maximum atomic E-state index is 11.1. The van der Waals surface area contributed by atoms with Crippen molar-refractivity contribution in [1.29, 1.82) is 0 Å². The molecule has 2 atom stereocenters. The van der Waals surface area contributed by atoms with Crippen LogP contribution < -0.4 is 10.4 Å². The van der Waals surface area contributed by atoms with E-state index in [-0.39, 0.29) is 5.04 Å². The van der Waals surface area contributed by atoms with E-state index in [1.165, 1.54) is 0 Å². The smallest absolute Gasteiger partial charge is 0.261 e. The lowest BCUT2D eigenvalue weighted by atomic mass is 9.86. The molecule has 4 heteroatoms. The van der Waals surface area contributed by atoms with E-state index in [4.69, 9.17) is 15.6 Å². The van der Waals surface area contributed by atoms with Crippen molar-refractivity contribution < 1.29 is 14.3 Å².